The van der Waals surface area contributed by atoms with Crippen molar-refractivity contribution in [2.24, 2.45) is 7.05 Å². The fourth-order valence-electron chi connectivity index (χ4n) is 2.98. The molecule has 3 nitrogen and oxygen atoms in total. The van der Waals surface area contributed by atoms with Crippen molar-refractivity contribution in [3.05, 3.63) is 48.0 Å². The first-order valence-electron chi connectivity index (χ1n) is 6.62. The number of fused-ring (bicyclic) bond motifs is 2. The Morgan fingerprint density at radius 2 is 1.95 bits per heavy atom. The lowest BCUT2D eigenvalue weighted by Gasteiger charge is -2.05. The average Bonchev–Trinajstić information content (AvgIpc) is 3.03. The molecule has 0 unspecified atom stereocenters. The minimum atomic E-state index is 1.01. The summed E-state index contributed by atoms with van der Waals surface area (Å²) in [5, 5.41) is 10.7. The third-order valence-electron chi connectivity index (χ3n) is 3.86. The molecule has 0 spiro atoms. The molecule has 1 N–H and O–H groups in total. The summed E-state index contributed by atoms with van der Waals surface area (Å²) in [6.07, 6.45) is 1.06. The van der Waals surface area contributed by atoms with Crippen molar-refractivity contribution in [2.75, 3.05) is 11.9 Å². The van der Waals surface area contributed by atoms with Crippen LogP contribution >= 0.6 is 0 Å². The van der Waals surface area contributed by atoms with Crippen LogP contribution in [0.3, 0.4) is 0 Å². The van der Waals surface area contributed by atoms with E-state index in [-0.39, 0.29) is 0 Å². The number of aromatic nitrogens is 2. The lowest BCUT2D eigenvalue weighted by molar-refractivity contribution is 0.776. The molecule has 3 aromatic rings. The standard InChI is InChI=1S/C16H15N3/c1-19-16-14(9-10-17-16)15(18-19)13-8-4-6-11-5-2-3-7-12(11)13/h2-8,17H,9-10H2,1H3. The maximum Gasteiger partial charge on any atom is 0.127 e. The number of nitrogens with zero attached hydrogens (tertiary/aromatic N) is 2. The largest absolute Gasteiger partial charge is 0.370 e. The number of hydrogen-bond donors (Lipinski definition) is 1. The molecule has 0 aliphatic carbocycles. The second kappa shape index (κ2) is 3.85. The highest BCUT2D eigenvalue weighted by atomic mass is 15.3. The molecular weight excluding hydrogens is 234 g/mol. The molecule has 2 heterocycles. The average molecular weight is 249 g/mol. The van der Waals surface area contributed by atoms with Crippen LogP contribution in [0.5, 0.6) is 0 Å². The van der Waals surface area contributed by atoms with E-state index in [1.54, 1.807) is 0 Å². The molecule has 1 aliphatic heterocycles. The number of nitrogens with one attached hydrogen (secondary N) is 1. The van der Waals surface area contributed by atoms with Crippen molar-refractivity contribution in [3.8, 4) is 11.3 Å². The summed E-state index contributed by atoms with van der Waals surface area (Å²) in [5.74, 6) is 1.17. The summed E-state index contributed by atoms with van der Waals surface area (Å²) in [5.41, 5.74) is 3.71. The zero-order valence-corrected chi connectivity index (χ0v) is 10.9. The first-order valence-corrected chi connectivity index (χ1v) is 6.62. The van der Waals surface area contributed by atoms with Crippen LogP contribution in [-0.2, 0) is 13.5 Å². The molecule has 0 saturated heterocycles. The van der Waals surface area contributed by atoms with Crippen LogP contribution in [0.4, 0.5) is 5.82 Å². The third kappa shape index (κ3) is 1.48. The van der Waals surface area contributed by atoms with E-state index < -0.39 is 0 Å². The van der Waals surface area contributed by atoms with Crippen LogP contribution in [0.25, 0.3) is 22.0 Å². The van der Waals surface area contributed by atoms with Gasteiger partial charge in [0.05, 0.1) is 5.69 Å². The summed E-state index contributed by atoms with van der Waals surface area (Å²) in [7, 11) is 2.01. The van der Waals surface area contributed by atoms with Gasteiger partial charge >= 0.3 is 0 Å². The molecule has 1 aromatic heterocycles. The Bertz CT molecular complexity index is 766. The van der Waals surface area contributed by atoms with Gasteiger partial charge in [-0.25, -0.2) is 0 Å². The van der Waals surface area contributed by atoms with Gasteiger partial charge in [0.25, 0.3) is 0 Å². The van der Waals surface area contributed by atoms with Crippen LogP contribution in [0.15, 0.2) is 42.5 Å². The van der Waals surface area contributed by atoms with Gasteiger partial charge in [-0.05, 0) is 17.2 Å². The highest BCUT2D eigenvalue weighted by Crippen LogP contribution is 2.35. The van der Waals surface area contributed by atoms with Gasteiger partial charge in [-0.1, -0.05) is 42.5 Å². The molecule has 1 aliphatic rings. The molecule has 3 heteroatoms. The zero-order chi connectivity index (χ0) is 12.8. The van der Waals surface area contributed by atoms with Crippen LogP contribution in [0.1, 0.15) is 5.56 Å². The number of rotatable bonds is 1. The van der Waals surface area contributed by atoms with Crippen molar-refractivity contribution >= 4 is 16.6 Å². The van der Waals surface area contributed by atoms with Crippen LogP contribution in [0.2, 0.25) is 0 Å². The maximum absolute atomic E-state index is 4.71. The molecule has 0 fully saturated rings. The minimum absolute atomic E-state index is 1.01. The highest BCUT2D eigenvalue weighted by molar-refractivity contribution is 5.97. The Balaban J connectivity index is 2.03. The molecule has 2 aromatic carbocycles. The third-order valence-corrected chi connectivity index (χ3v) is 3.86. The fraction of sp³-hybridized carbons (Fsp3) is 0.188. The SMILES string of the molecule is Cn1nc(-c2cccc3ccccc23)c2c1NCC2. The van der Waals surface area contributed by atoms with Gasteiger partial charge in [0, 0.05) is 24.7 Å². The van der Waals surface area contributed by atoms with Crippen LogP contribution in [0, 0.1) is 0 Å². The lowest BCUT2D eigenvalue weighted by Crippen LogP contribution is -2.01. The van der Waals surface area contributed by atoms with E-state index >= 15 is 0 Å². The lowest BCUT2D eigenvalue weighted by atomic mass is 9.99. The van der Waals surface area contributed by atoms with E-state index in [2.05, 4.69) is 47.8 Å². The summed E-state index contributed by atoms with van der Waals surface area (Å²) >= 11 is 0. The normalized spacial score (nSPS) is 13.5. The molecule has 0 amide bonds. The van der Waals surface area contributed by atoms with Gasteiger partial charge in [0.1, 0.15) is 5.82 Å². The molecule has 0 bridgehead atoms. The van der Waals surface area contributed by atoms with Gasteiger partial charge in [-0.3, -0.25) is 4.68 Å². The van der Waals surface area contributed by atoms with E-state index in [4.69, 9.17) is 5.10 Å². The summed E-state index contributed by atoms with van der Waals surface area (Å²) in [6.45, 7) is 1.01. The van der Waals surface area contributed by atoms with Gasteiger partial charge in [-0.2, -0.15) is 5.10 Å². The number of benzene rings is 2. The minimum Gasteiger partial charge on any atom is -0.370 e. The van der Waals surface area contributed by atoms with Crippen molar-refractivity contribution in [1.82, 2.24) is 9.78 Å². The molecule has 0 radical (unpaired) electrons. The Labute approximate surface area is 111 Å². The van der Waals surface area contributed by atoms with Gasteiger partial charge in [-0.15, -0.1) is 0 Å². The smallest absolute Gasteiger partial charge is 0.127 e. The van der Waals surface area contributed by atoms with Crippen LogP contribution in [-0.4, -0.2) is 16.3 Å². The van der Waals surface area contributed by atoms with Crippen LogP contribution < -0.4 is 5.32 Å². The van der Waals surface area contributed by atoms with Crippen molar-refractivity contribution in [3.63, 3.8) is 0 Å². The maximum atomic E-state index is 4.71. The van der Waals surface area contributed by atoms with Crippen molar-refractivity contribution in [1.29, 1.82) is 0 Å². The predicted molar refractivity (Wildman–Crippen MR) is 78.3 cm³/mol. The molecule has 4 rings (SSSR count). The van der Waals surface area contributed by atoms with E-state index in [0.29, 0.717) is 0 Å². The monoisotopic (exact) mass is 249 g/mol. The highest BCUT2D eigenvalue weighted by Gasteiger charge is 2.22. The quantitative estimate of drug-likeness (QED) is 0.717. The van der Waals surface area contributed by atoms with Gasteiger partial charge in [0.2, 0.25) is 0 Å². The second-order valence-corrected chi connectivity index (χ2v) is 5.00. The van der Waals surface area contributed by atoms with E-state index in [1.165, 1.54) is 27.7 Å². The molecular formula is C16H15N3. The van der Waals surface area contributed by atoms with Crippen molar-refractivity contribution < 1.29 is 0 Å². The predicted octanol–water partition coefficient (Wildman–Crippen LogP) is 3.21. The molecule has 94 valence electrons. The van der Waals surface area contributed by atoms with E-state index in [1.807, 2.05) is 11.7 Å². The number of aryl methyl sites for hydroxylation is 1. The molecule has 0 saturated carbocycles. The first-order chi connectivity index (χ1) is 9.34. The Morgan fingerprint density at radius 1 is 1.11 bits per heavy atom. The number of hydrogen-bond acceptors (Lipinski definition) is 2. The zero-order valence-electron chi connectivity index (χ0n) is 10.9. The Hall–Kier alpha value is -2.29. The van der Waals surface area contributed by atoms with Crippen molar-refractivity contribution in [2.45, 2.75) is 6.42 Å². The summed E-state index contributed by atoms with van der Waals surface area (Å²) in [4.78, 5) is 0. The topological polar surface area (TPSA) is 29.9 Å². The Morgan fingerprint density at radius 3 is 2.89 bits per heavy atom. The summed E-state index contributed by atoms with van der Waals surface area (Å²) < 4.78 is 1.96. The molecule has 19 heavy (non-hydrogen) atoms. The first kappa shape index (κ1) is 10.6. The Kier molecular flexibility index (Phi) is 2.15. The van der Waals surface area contributed by atoms with E-state index in [0.717, 1.165) is 18.7 Å². The number of anilines is 1. The fourth-order valence-corrected chi connectivity index (χ4v) is 2.98. The molecule has 0 atom stereocenters. The van der Waals surface area contributed by atoms with Gasteiger partial charge in [0.15, 0.2) is 0 Å². The summed E-state index contributed by atoms with van der Waals surface area (Å²) in [6, 6.07) is 14.9. The second-order valence-electron chi connectivity index (χ2n) is 5.00. The van der Waals surface area contributed by atoms with E-state index in [9.17, 15) is 0 Å². The van der Waals surface area contributed by atoms with Gasteiger partial charge < -0.3 is 5.32 Å².